The van der Waals surface area contributed by atoms with E-state index in [1.165, 1.54) is 6.42 Å². The minimum atomic E-state index is -0.234. The van der Waals surface area contributed by atoms with Crippen LogP contribution in [0.15, 0.2) is 12.1 Å². The number of ether oxygens (including phenoxy) is 2. The lowest BCUT2D eigenvalue weighted by Crippen LogP contribution is -2.43. The number of hydrogen-bond acceptors (Lipinski definition) is 3. The molecule has 1 saturated carbocycles. The predicted molar refractivity (Wildman–Crippen MR) is 57.3 cm³/mol. The summed E-state index contributed by atoms with van der Waals surface area (Å²) in [5.74, 6) is 1.38. The van der Waals surface area contributed by atoms with Crippen LogP contribution in [-0.4, -0.2) is 6.79 Å². The van der Waals surface area contributed by atoms with Gasteiger partial charge in [0.05, 0.1) is 5.02 Å². The minimum absolute atomic E-state index is 0.234. The predicted octanol–water partition coefficient (Wildman–Crippen LogP) is 2.41. The van der Waals surface area contributed by atoms with Gasteiger partial charge in [-0.3, -0.25) is 0 Å². The van der Waals surface area contributed by atoms with Gasteiger partial charge in [0.1, 0.15) is 0 Å². The fraction of sp³-hybridized carbons (Fsp3) is 0.455. The van der Waals surface area contributed by atoms with Gasteiger partial charge in [-0.1, -0.05) is 17.7 Å². The Morgan fingerprint density at radius 1 is 1.20 bits per heavy atom. The molecule has 15 heavy (non-hydrogen) atoms. The van der Waals surface area contributed by atoms with Crippen LogP contribution < -0.4 is 15.2 Å². The number of halogens is 1. The molecule has 3 nitrogen and oxygen atoms in total. The summed E-state index contributed by atoms with van der Waals surface area (Å²) in [4.78, 5) is 0. The molecule has 0 unspecified atom stereocenters. The molecule has 0 atom stereocenters. The molecule has 0 aromatic heterocycles. The van der Waals surface area contributed by atoms with Gasteiger partial charge < -0.3 is 15.2 Å². The van der Waals surface area contributed by atoms with Gasteiger partial charge in [0.2, 0.25) is 6.79 Å². The Bertz CT molecular complexity index is 415. The molecule has 2 N–H and O–H groups in total. The molecule has 1 aromatic rings. The Kier molecular flexibility index (Phi) is 1.88. The van der Waals surface area contributed by atoms with Crippen LogP contribution in [0.2, 0.25) is 5.02 Å². The zero-order valence-electron chi connectivity index (χ0n) is 8.25. The van der Waals surface area contributed by atoms with Crippen LogP contribution in [0, 0.1) is 0 Å². The normalized spacial score (nSPS) is 21.2. The molecule has 1 heterocycles. The first-order chi connectivity index (χ1) is 7.21. The van der Waals surface area contributed by atoms with Crippen molar-refractivity contribution in [1.29, 1.82) is 0 Å². The van der Waals surface area contributed by atoms with Crippen molar-refractivity contribution in [3.05, 3.63) is 22.7 Å². The summed E-state index contributed by atoms with van der Waals surface area (Å²) >= 11 is 6.01. The maximum atomic E-state index is 6.27. The van der Waals surface area contributed by atoms with Crippen LogP contribution >= 0.6 is 11.6 Å². The standard InChI is InChI=1S/C11H12ClNO2/c12-8-3-2-7(11(13)4-1-5-11)9-10(8)15-6-14-9/h2-3H,1,4-6,13H2. The van der Waals surface area contributed by atoms with Crippen molar-refractivity contribution in [2.75, 3.05) is 6.79 Å². The molecule has 0 amide bonds. The molecule has 80 valence electrons. The zero-order valence-corrected chi connectivity index (χ0v) is 9.01. The molecule has 1 aliphatic heterocycles. The van der Waals surface area contributed by atoms with Gasteiger partial charge in [0.15, 0.2) is 11.5 Å². The first-order valence-electron chi connectivity index (χ1n) is 5.08. The third-order valence-electron chi connectivity index (χ3n) is 3.25. The van der Waals surface area contributed by atoms with E-state index in [9.17, 15) is 0 Å². The third-order valence-corrected chi connectivity index (χ3v) is 3.55. The van der Waals surface area contributed by atoms with Gasteiger partial charge in [-0.25, -0.2) is 0 Å². The second kappa shape index (κ2) is 3.03. The Hall–Kier alpha value is -0.930. The van der Waals surface area contributed by atoms with Crippen molar-refractivity contribution in [2.45, 2.75) is 24.8 Å². The Morgan fingerprint density at radius 3 is 2.60 bits per heavy atom. The second-order valence-electron chi connectivity index (χ2n) is 4.17. The van der Waals surface area contributed by atoms with E-state index in [4.69, 9.17) is 26.8 Å². The van der Waals surface area contributed by atoms with Crippen molar-refractivity contribution in [2.24, 2.45) is 5.73 Å². The maximum absolute atomic E-state index is 6.27. The first kappa shape index (κ1) is 9.31. The largest absolute Gasteiger partial charge is 0.453 e. The second-order valence-corrected chi connectivity index (χ2v) is 4.58. The van der Waals surface area contributed by atoms with Crippen LogP contribution in [0.1, 0.15) is 24.8 Å². The molecular weight excluding hydrogens is 214 g/mol. The monoisotopic (exact) mass is 225 g/mol. The lowest BCUT2D eigenvalue weighted by atomic mass is 9.72. The SMILES string of the molecule is NC1(c2ccc(Cl)c3c2OCO3)CCC1. The van der Waals surface area contributed by atoms with Crippen molar-refractivity contribution in [3.63, 3.8) is 0 Å². The average molecular weight is 226 g/mol. The lowest BCUT2D eigenvalue weighted by molar-refractivity contribution is 0.168. The molecule has 0 spiro atoms. The molecule has 4 heteroatoms. The summed E-state index contributed by atoms with van der Waals surface area (Å²) in [7, 11) is 0. The van der Waals surface area contributed by atoms with Gasteiger partial charge in [-0.15, -0.1) is 0 Å². The summed E-state index contributed by atoms with van der Waals surface area (Å²) in [6.07, 6.45) is 3.18. The van der Waals surface area contributed by atoms with Crippen LogP contribution in [0.5, 0.6) is 11.5 Å². The molecule has 1 aromatic carbocycles. The Labute approximate surface area is 93.1 Å². The lowest BCUT2D eigenvalue weighted by Gasteiger charge is -2.39. The number of hydrogen-bond donors (Lipinski definition) is 1. The van der Waals surface area contributed by atoms with Crippen molar-refractivity contribution in [3.8, 4) is 11.5 Å². The summed E-state index contributed by atoms with van der Waals surface area (Å²) < 4.78 is 10.8. The summed E-state index contributed by atoms with van der Waals surface area (Å²) in [5, 5.41) is 0.592. The number of nitrogens with two attached hydrogens (primary N) is 1. The van der Waals surface area contributed by atoms with E-state index in [1.807, 2.05) is 12.1 Å². The van der Waals surface area contributed by atoms with E-state index in [-0.39, 0.29) is 12.3 Å². The molecular formula is C11H12ClNO2. The zero-order chi connectivity index (χ0) is 10.5. The molecule has 0 radical (unpaired) electrons. The van der Waals surface area contributed by atoms with Crippen molar-refractivity contribution >= 4 is 11.6 Å². The van der Waals surface area contributed by atoms with Crippen molar-refractivity contribution in [1.82, 2.24) is 0 Å². The van der Waals surface area contributed by atoms with E-state index in [0.29, 0.717) is 10.8 Å². The Morgan fingerprint density at radius 2 is 1.93 bits per heavy atom. The topological polar surface area (TPSA) is 44.5 Å². The average Bonchev–Trinajstić information content (AvgIpc) is 2.64. The molecule has 1 aliphatic carbocycles. The summed E-state index contributed by atoms with van der Waals surface area (Å²) in [6.45, 7) is 0.238. The minimum Gasteiger partial charge on any atom is -0.453 e. The third kappa shape index (κ3) is 1.23. The van der Waals surface area contributed by atoms with Crippen LogP contribution in [0.4, 0.5) is 0 Å². The highest BCUT2D eigenvalue weighted by atomic mass is 35.5. The van der Waals surface area contributed by atoms with E-state index >= 15 is 0 Å². The molecule has 2 aliphatic rings. The highest BCUT2D eigenvalue weighted by Crippen LogP contribution is 2.49. The smallest absolute Gasteiger partial charge is 0.231 e. The summed E-state index contributed by atoms with van der Waals surface area (Å²) in [5.41, 5.74) is 7.07. The van der Waals surface area contributed by atoms with E-state index in [2.05, 4.69) is 0 Å². The molecule has 0 bridgehead atoms. The van der Waals surface area contributed by atoms with E-state index in [1.54, 1.807) is 0 Å². The molecule has 1 fully saturated rings. The highest BCUT2D eigenvalue weighted by Gasteiger charge is 2.39. The first-order valence-corrected chi connectivity index (χ1v) is 5.46. The molecule has 0 saturated heterocycles. The van der Waals surface area contributed by atoms with E-state index < -0.39 is 0 Å². The van der Waals surface area contributed by atoms with Gasteiger partial charge in [-0.05, 0) is 25.3 Å². The maximum Gasteiger partial charge on any atom is 0.231 e. The van der Waals surface area contributed by atoms with E-state index in [0.717, 1.165) is 24.2 Å². The van der Waals surface area contributed by atoms with Crippen LogP contribution in [0.3, 0.4) is 0 Å². The summed E-state index contributed by atoms with van der Waals surface area (Å²) in [6, 6.07) is 3.78. The quantitative estimate of drug-likeness (QED) is 0.798. The van der Waals surface area contributed by atoms with Crippen molar-refractivity contribution < 1.29 is 9.47 Å². The fourth-order valence-corrected chi connectivity index (χ4v) is 2.39. The van der Waals surface area contributed by atoms with Gasteiger partial charge >= 0.3 is 0 Å². The van der Waals surface area contributed by atoms with Gasteiger partial charge in [0.25, 0.3) is 0 Å². The Balaban J connectivity index is 2.13. The molecule has 3 rings (SSSR count). The number of benzene rings is 1. The van der Waals surface area contributed by atoms with Gasteiger partial charge in [-0.2, -0.15) is 0 Å². The number of rotatable bonds is 1. The highest BCUT2D eigenvalue weighted by molar-refractivity contribution is 6.32. The van der Waals surface area contributed by atoms with Crippen LogP contribution in [0.25, 0.3) is 0 Å². The van der Waals surface area contributed by atoms with Gasteiger partial charge in [0, 0.05) is 11.1 Å². The number of fused-ring (bicyclic) bond motifs is 1. The fourth-order valence-electron chi connectivity index (χ4n) is 2.18. The van der Waals surface area contributed by atoms with Crippen LogP contribution in [-0.2, 0) is 5.54 Å².